The van der Waals surface area contributed by atoms with Crippen molar-refractivity contribution in [2.45, 2.75) is 96.4 Å². The molecule has 1 aliphatic carbocycles. The molecule has 5 amide bonds. The number of nitrogens with one attached hydrogen (secondary N) is 3. The molecule has 0 radical (unpaired) electrons. The van der Waals surface area contributed by atoms with Gasteiger partial charge in [-0.05, 0) is 88.4 Å². The number of hydrogen-bond donors (Lipinski definition) is 4. The Balaban J connectivity index is 1.55. The fourth-order valence-electron chi connectivity index (χ4n) is 6.32. The van der Waals surface area contributed by atoms with Crippen LogP contribution in [0.1, 0.15) is 82.5 Å². The summed E-state index contributed by atoms with van der Waals surface area (Å²) in [6, 6.07) is 11.1. The number of benzene rings is 2. The number of likely N-dealkylation sites (N-methyl/N-ethyl adjacent to an activating group) is 1. The Hall–Kier alpha value is -4.03. The van der Waals surface area contributed by atoms with Crippen molar-refractivity contribution in [1.82, 2.24) is 15.1 Å². The van der Waals surface area contributed by atoms with Gasteiger partial charge in [0.1, 0.15) is 11.5 Å². The Kier molecular flexibility index (Phi) is 14.4. The number of nitrogens with zero attached hydrogens (tertiary/aromatic N) is 2. The molecule has 12 nitrogen and oxygen atoms in total. The number of carbonyl (C=O) groups excluding carboxylic acids is 3. The van der Waals surface area contributed by atoms with Crippen molar-refractivity contribution in [1.29, 1.82) is 0 Å². The largest absolute Gasteiger partial charge is 0.497 e. The van der Waals surface area contributed by atoms with E-state index in [0.717, 1.165) is 44.9 Å². The molecule has 2 aromatic carbocycles. The van der Waals surface area contributed by atoms with Crippen molar-refractivity contribution >= 4 is 29.3 Å². The Morgan fingerprint density at radius 1 is 1.00 bits per heavy atom. The Labute approximate surface area is 290 Å². The number of urea groups is 2. The number of methoxy groups -OCH3 is 1. The first-order chi connectivity index (χ1) is 23.6. The molecule has 0 saturated heterocycles. The molecule has 0 spiro atoms. The summed E-state index contributed by atoms with van der Waals surface area (Å²) in [5.74, 6) is 0.566. The number of carbonyl (C=O) groups is 3. The number of aliphatic hydroxyl groups is 1. The van der Waals surface area contributed by atoms with Gasteiger partial charge in [0.15, 0.2) is 0 Å². The van der Waals surface area contributed by atoms with Gasteiger partial charge in [-0.3, -0.25) is 4.79 Å². The summed E-state index contributed by atoms with van der Waals surface area (Å²) in [4.78, 5) is 43.7. The van der Waals surface area contributed by atoms with Crippen LogP contribution in [0.15, 0.2) is 42.5 Å². The van der Waals surface area contributed by atoms with Gasteiger partial charge in [-0.2, -0.15) is 0 Å². The number of hydrogen-bond acceptors (Lipinski definition) is 7. The molecule has 49 heavy (non-hydrogen) atoms. The highest BCUT2D eigenvalue weighted by Crippen LogP contribution is 2.29. The highest BCUT2D eigenvalue weighted by molar-refractivity contribution is 6.02. The van der Waals surface area contributed by atoms with Gasteiger partial charge in [0.2, 0.25) is 0 Å². The highest BCUT2D eigenvalue weighted by atomic mass is 16.5. The molecule has 12 heteroatoms. The third-order valence-corrected chi connectivity index (χ3v) is 9.39. The summed E-state index contributed by atoms with van der Waals surface area (Å²) in [7, 11) is 3.36. The predicted octanol–water partition coefficient (Wildman–Crippen LogP) is 6.11. The zero-order valence-electron chi connectivity index (χ0n) is 29.7. The summed E-state index contributed by atoms with van der Waals surface area (Å²) >= 11 is 0. The number of fused-ring (bicyclic) bond motifs is 1. The molecule has 270 valence electrons. The van der Waals surface area contributed by atoms with E-state index in [1.54, 1.807) is 73.3 Å². The molecule has 4 rings (SSSR count). The minimum absolute atomic E-state index is 0.116. The fraction of sp³-hybridized carbons (Fsp3) is 0.595. The lowest BCUT2D eigenvalue weighted by atomic mass is 9.96. The molecule has 2 aromatic rings. The van der Waals surface area contributed by atoms with Crippen LogP contribution in [0.3, 0.4) is 0 Å². The van der Waals surface area contributed by atoms with Gasteiger partial charge in [0.05, 0.1) is 37.5 Å². The summed E-state index contributed by atoms with van der Waals surface area (Å²) < 4.78 is 17.9. The third kappa shape index (κ3) is 11.3. The van der Waals surface area contributed by atoms with Crippen LogP contribution >= 0.6 is 0 Å². The van der Waals surface area contributed by atoms with Gasteiger partial charge in [0.25, 0.3) is 5.91 Å². The number of amides is 5. The second-order valence-corrected chi connectivity index (χ2v) is 13.5. The second kappa shape index (κ2) is 18.7. The zero-order chi connectivity index (χ0) is 35.3. The molecule has 4 N–H and O–H groups in total. The van der Waals surface area contributed by atoms with Crippen LogP contribution < -0.4 is 25.4 Å². The van der Waals surface area contributed by atoms with Crippen LogP contribution in [0.2, 0.25) is 0 Å². The fourth-order valence-corrected chi connectivity index (χ4v) is 6.32. The van der Waals surface area contributed by atoms with Gasteiger partial charge in [-0.15, -0.1) is 0 Å². The van der Waals surface area contributed by atoms with Crippen LogP contribution in [-0.2, 0) is 4.74 Å². The first-order valence-electron chi connectivity index (χ1n) is 17.7. The van der Waals surface area contributed by atoms with Gasteiger partial charge in [0, 0.05) is 50.1 Å². The normalized spacial score (nSPS) is 21.7. The Morgan fingerprint density at radius 3 is 2.37 bits per heavy atom. The van der Waals surface area contributed by atoms with E-state index >= 15 is 0 Å². The second-order valence-electron chi connectivity index (χ2n) is 13.5. The van der Waals surface area contributed by atoms with E-state index in [2.05, 4.69) is 16.0 Å². The van der Waals surface area contributed by atoms with Crippen molar-refractivity contribution in [3.8, 4) is 11.5 Å². The van der Waals surface area contributed by atoms with E-state index in [9.17, 15) is 19.5 Å². The predicted molar refractivity (Wildman–Crippen MR) is 191 cm³/mol. The van der Waals surface area contributed by atoms with E-state index in [0.29, 0.717) is 36.0 Å². The van der Waals surface area contributed by atoms with Crippen LogP contribution in [0.25, 0.3) is 0 Å². The topological polar surface area (TPSA) is 142 Å². The van der Waals surface area contributed by atoms with Crippen molar-refractivity contribution < 1.29 is 33.7 Å². The SMILES string of the molecule is COc1ccc(NC(=O)Nc2ccc3c(c2)C(=O)N([C@H](C)CO)C[C@H](C)[C@@H](CN(C)C(=O)NC2CCCCC2)OCCCC[C@@H](C)O3)cc1. The van der Waals surface area contributed by atoms with Gasteiger partial charge < -0.3 is 45.1 Å². The molecule has 2 aliphatic rings. The molecule has 0 unspecified atom stereocenters. The standard InChI is InChI=1S/C37H55N5O7/c1-25-22-42(26(2)24-43)35(44)32-21-30(39-36(45)38-29-14-17-31(47-5)18-15-29)16-19-33(32)49-27(3)11-9-10-20-48-34(25)23-41(4)37(46)40-28-12-7-6-8-13-28/h14-19,21,25-28,34,43H,6-13,20,22-24H2,1-5H3,(H,40,46)(H2,38,39,45)/t25-,26+,27+,34+/m0/s1. The van der Waals surface area contributed by atoms with Crippen molar-refractivity contribution in [3.05, 3.63) is 48.0 Å². The Bertz CT molecular complexity index is 1370. The van der Waals surface area contributed by atoms with Crippen LogP contribution in [-0.4, -0.2) is 97.6 Å². The van der Waals surface area contributed by atoms with Crippen molar-refractivity contribution in [2.75, 3.05) is 51.1 Å². The molecule has 1 aliphatic heterocycles. The van der Waals surface area contributed by atoms with Crippen LogP contribution in [0, 0.1) is 5.92 Å². The maximum absolute atomic E-state index is 14.4. The number of anilines is 2. The van der Waals surface area contributed by atoms with Crippen molar-refractivity contribution in [3.63, 3.8) is 0 Å². The lowest BCUT2D eigenvalue weighted by Crippen LogP contribution is -2.50. The average molecular weight is 682 g/mol. The summed E-state index contributed by atoms with van der Waals surface area (Å²) in [5.41, 5.74) is 1.27. The van der Waals surface area contributed by atoms with E-state index < -0.39 is 12.1 Å². The van der Waals surface area contributed by atoms with Gasteiger partial charge >= 0.3 is 12.1 Å². The van der Waals surface area contributed by atoms with Gasteiger partial charge in [-0.1, -0.05) is 26.2 Å². The van der Waals surface area contributed by atoms with E-state index in [4.69, 9.17) is 14.2 Å². The minimum Gasteiger partial charge on any atom is -0.497 e. The highest BCUT2D eigenvalue weighted by Gasteiger charge is 2.31. The molecule has 0 bridgehead atoms. The number of rotatable bonds is 8. The molecule has 4 atom stereocenters. The van der Waals surface area contributed by atoms with Crippen LogP contribution in [0.4, 0.5) is 21.0 Å². The lowest BCUT2D eigenvalue weighted by Gasteiger charge is -2.36. The van der Waals surface area contributed by atoms with Crippen molar-refractivity contribution in [2.24, 2.45) is 5.92 Å². The summed E-state index contributed by atoms with van der Waals surface area (Å²) in [6.45, 7) is 6.68. The van der Waals surface area contributed by atoms with Gasteiger partial charge in [-0.25, -0.2) is 9.59 Å². The first-order valence-corrected chi connectivity index (χ1v) is 17.7. The minimum atomic E-state index is -0.518. The molecule has 1 saturated carbocycles. The zero-order valence-corrected chi connectivity index (χ0v) is 29.7. The monoisotopic (exact) mass is 681 g/mol. The van der Waals surface area contributed by atoms with E-state index in [1.165, 1.54) is 6.42 Å². The van der Waals surface area contributed by atoms with Crippen LogP contribution in [0.5, 0.6) is 11.5 Å². The molecule has 0 aromatic heterocycles. The van der Waals surface area contributed by atoms with E-state index in [-0.39, 0.29) is 54.8 Å². The average Bonchev–Trinajstić information content (AvgIpc) is 3.10. The number of aliphatic hydroxyl groups excluding tert-OH is 1. The maximum atomic E-state index is 14.4. The number of ether oxygens (including phenoxy) is 3. The summed E-state index contributed by atoms with van der Waals surface area (Å²) in [5, 5.41) is 19.0. The quantitative estimate of drug-likeness (QED) is 0.264. The Morgan fingerprint density at radius 2 is 1.67 bits per heavy atom. The summed E-state index contributed by atoms with van der Waals surface area (Å²) in [6.07, 6.45) is 7.39. The molecular formula is C37H55N5O7. The third-order valence-electron chi connectivity index (χ3n) is 9.39. The maximum Gasteiger partial charge on any atom is 0.323 e. The molecule has 1 fully saturated rings. The lowest BCUT2D eigenvalue weighted by molar-refractivity contribution is -0.0123. The van der Waals surface area contributed by atoms with E-state index in [1.807, 2.05) is 13.8 Å². The molecular weight excluding hydrogens is 626 g/mol. The smallest absolute Gasteiger partial charge is 0.323 e. The molecule has 1 heterocycles. The first kappa shape index (κ1) is 37.8.